The maximum absolute atomic E-state index is 13.4. The summed E-state index contributed by atoms with van der Waals surface area (Å²) in [5.41, 5.74) is 5.06. The second kappa shape index (κ2) is 6.09. The molecule has 2 bridgehead atoms. The van der Waals surface area contributed by atoms with Crippen molar-refractivity contribution in [1.29, 1.82) is 0 Å². The largest absolute Gasteiger partial charge is 0.508 e. The van der Waals surface area contributed by atoms with E-state index in [9.17, 15) is 9.90 Å². The van der Waals surface area contributed by atoms with E-state index in [2.05, 4.69) is 28.7 Å². The van der Waals surface area contributed by atoms with E-state index in [1.165, 1.54) is 11.1 Å². The van der Waals surface area contributed by atoms with Crippen molar-refractivity contribution in [3.63, 3.8) is 0 Å². The molecule has 2 aromatic carbocycles. The monoisotopic (exact) mass is 375 g/mol. The van der Waals surface area contributed by atoms with Crippen LogP contribution < -0.4 is 0 Å². The van der Waals surface area contributed by atoms with Gasteiger partial charge in [0.05, 0.1) is 17.4 Å². The molecule has 2 heterocycles. The van der Waals surface area contributed by atoms with Gasteiger partial charge in [0.15, 0.2) is 0 Å². The highest BCUT2D eigenvalue weighted by atomic mass is 16.3. The summed E-state index contributed by atoms with van der Waals surface area (Å²) in [5, 5.41) is 10.1. The molecule has 0 unspecified atom stereocenters. The summed E-state index contributed by atoms with van der Waals surface area (Å²) in [7, 11) is 0. The van der Waals surface area contributed by atoms with E-state index < -0.39 is 0 Å². The molecule has 1 fully saturated rings. The van der Waals surface area contributed by atoms with E-state index in [1.807, 2.05) is 30.3 Å². The van der Waals surface area contributed by atoms with Crippen LogP contribution in [0.25, 0.3) is 11.0 Å². The van der Waals surface area contributed by atoms with Crippen molar-refractivity contribution in [3.05, 3.63) is 59.4 Å². The standard InChI is InChI=1S/C23H25N3O2/c1-3-23-8-9-26(22(28)16-5-7-19-20(10-16)25-13-24-19)21(14(23)2)11-15-4-6-17(27)12-18(15)23/h4-7,10,12-14,21,27H,3,8-9,11H2,1-2H3,(H,24,25)/t14-,21-,23-/m1/s1. The molecule has 1 amide bonds. The fourth-order valence-corrected chi connectivity index (χ4v) is 5.63. The zero-order valence-electron chi connectivity index (χ0n) is 16.3. The van der Waals surface area contributed by atoms with E-state index in [1.54, 1.807) is 12.4 Å². The summed E-state index contributed by atoms with van der Waals surface area (Å²) in [4.78, 5) is 22.8. The first-order valence-electron chi connectivity index (χ1n) is 10.1. The topological polar surface area (TPSA) is 69.2 Å². The van der Waals surface area contributed by atoms with Crippen LogP contribution in [-0.4, -0.2) is 38.5 Å². The van der Waals surface area contributed by atoms with Crippen molar-refractivity contribution in [2.24, 2.45) is 5.92 Å². The van der Waals surface area contributed by atoms with Crippen LogP contribution >= 0.6 is 0 Å². The normalized spacial score (nSPS) is 26.3. The van der Waals surface area contributed by atoms with Gasteiger partial charge >= 0.3 is 0 Å². The first-order valence-corrected chi connectivity index (χ1v) is 10.1. The molecule has 5 heteroatoms. The van der Waals surface area contributed by atoms with Gasteiger partial charge in [-0.05, 0) is 66.6 Å². The number of nitrogens with one attached hydrogen (secondary N) is 1. The number of aromatic nitrogens is 2. The Kier molecular flexibility index (Phi) is 3.76. The van der Waals surface area contributed by atoms with Crippen molar-refractivity contribution in [1.82, 2.24) is 14.9 Å². The third-order valence-corrected chi connectivity index (χ3v) is 7.27. The summed E-state index contributed by atoms with van der Waals surface area (Å²) in [6.07, 6.45) is 4.44. The predicted molar refractivity (Wildman–Crippen MR) is 108 cm³/mol. The number of likely N-dealkylation sites (tertiary alicyclic amines) is 1. The van der Waals surface area contributed by atoms with Crippen LogP contribution in [0.4, 0.5) is 0 Å². The Morgan fingerprint density at radius 3 is 3.00 bits per heavy atom. The van der Waals surface area contributed by atoms with E-state index in [0.29, 0.717) is 17.2 Å². The number of amides is 1. The van der Waals surface area contributed by atoms with Gasteiger partial charge in [0, 0.05) is 23.6 Å². The van der Waals surface area contributed by atoms with Crippen LogP contribution in [0, 0.1) is 5.92 Å². The van der Waals surface area contributed by atoms with Crippen LogP contribution in [0.15, 0.2) is 42.7 Å². The molecule has 3 aromatic rings. The van der Waals surface area contributed by atoms with E-state index in [0.717, 1.165) is 36.8 Å². The maximum atomic E-state index is 13.4. The van der Waals surface area contributed by atoms with E-state index in [4.69, 9.17) is 0 Å². The quantitative estimate of drug-likeness (QED) is 0.711. The van der Waals surface area contributed by atoms with Crippen LogP contribution in [0.5, 0.6) is 5.75 Å². The average Bonchev–Trinajstić information content (AvgIpc) is 3.17. The number of piperidine rings is 1. The third-order valence-electron chi connectivity index (χ3n) is 7.27. The lowest BCUT2D eigenvalue weighted by atomic mass is 9.56. The number of carbonyl (C=O) groups excluding carboxylic acids is 1. The molecule has 0 saturated carbocycles. The minimum absolute atomic E-state index is 0.0289. The molecule has 3 atom stereocenters. The van der Waals surface area contributed by atoms with Crippen LogP contribution in [-0.2, 0) is 11.8 Å². The van der Waals surface area contributed by atoms with Gasteiger partial charge in [-0.15, -0.1) is 0 Å². The lowest BCUT2D eigenvalue weighted by Crippen LogP contribution is -2.60. The number of hydrogen-bond acceptors (Lipinski definition) is 3. The van der Waals surface area contributed by atoms with Crippen molar-refractivity contribution in [2.45, 2.75) is 44.6 Å². The summed E-state index contributed by atoms with van der Waals surface area (Å²) in [6.45, 7) is 5.26. The molecular weight excluding hydrogens is 350 g/mol. The highest BCUT2D eigenvalue weighted by Gasteiger charge is 2.51. The number of aromatic amines is 1. The van der Waals surface area contributed by atoms with Gasteiger partial charge in [-0.2, -0.15) is 0 Å². The summed E-state index contributed by atoms with van der Waals surface area (Å²) in [6, 6.07) is 11.6. The van der Waals surface area contributed by atoms with Crippen molar-refractivity contribution < 1.29 is 9.90 Å². The van der Waals surface area contributed by atoms with Gasteiger partial charge in [0.1, 0.15) is 5.75 Å². The Morgan fingerprint density at radius 2 is 2.18 bits per heavy atom. The molecule has 1 aliphatic carbocycles. The number of hydrogen-bond donors (Lipinski definition) is 2. The number of benzene rings is 2. The zero-order valence-corrected chi connectivity index (χ0v) is 16.3. The molecule has 2 aliphatic rings. The molecular formula is C23H25N3O2. The molecule has 28 heavy (non-hydrogen) atoms. The summed E-state index contributed by atoms with van der Waals surface area (Å²) >= 11 is 0. The smallest absolute Gasteiger partial charge is 0.254 e. The highest BCUT2D eigenvalue weighted by molar-refractivity contribution is 5.97. The van der Waals surface area contributed by atoms with Gasteiger partial charge in [-0.3, -0.25) is 4.79 Å². The number of nitrogens with zero attached hydrogens (tertiary/aromatic N) is 2. The van der Waals surface area contributed by atoms with Crippen molar-refractivity contribution >= 4 is 16.9 Å². The number of aromatic hydroxyl groups is 1. The molecule has 1 aromatic heterocycles. The van der Waals surface area contributed by atoms with Crippen molar-refractivity contribution in [3.8, 4) is 5.75 Å². The number of phenols is 1. The number of fused-ring (bicyclic) bond motifs is 5. The molecule has 2 N–H and O–H groups in total. The minimum atomic E-state index is 0.0289. The molecule has 5 rings (SSSR count). The molecule has 1 aliphatic heterocycles. The Morgan fingerprint density at radius 1 is 1.32 bits per heavy atom. The predicted octanol–water partition coefficient (Wildman–Crippen LogP) is 4.02. The SMILES string of the molecule is CC[C@]12CCN(C(=O)c3ccc4nc[nH]c4c3)[C@H](Cc3ccc(O)cc31)[C@H]2C. The molecule has 0 radical (unpaired) electrons. The van der Waals surface area contributed by atoms with Crippen LogP contribution in [0.3, 0.4) is 0 Å². The zero-order chi connectivity index (χ0) is 19.5. The first kappa shape index (κ1) is 17.3. The van der Waals surface area contributed by atoms with Gasteiger partial charge in [0.25, 0.3) is 5.91 Å². The lowest BCUT2D eigenvalue weighted by Gasteiger charge is -2.55. The third kappa shape index (κ3) is 2.32. The number of imidazole rings is 1. The van der Waals surface area contributed by atoms with E-state index >= 15 is 0 Å². The number of carbonyl (C=O) groups is 1. The first-order chi connectivity index (χ1) is 13.5. The Labute approximate surface area is 164 Å². The number of rotatable bonds is 2. The summed E-state index contributed by atoms with van der Waals surface area (Å²) in [5.74, 6) is 0.782. The molecule has 144 valence electrons. The number of phenolic OH excluding ortho intramolecular Hbond substituents is 1. The van der Waals surface area contributed by atoms with E-state index in [-0.39, 0.29) is 17.4 Å². The Balaban J connectivity index is 1.54. The van der Waals surface area contributed by atoms with Gasteiger partial charge in [-0.25, -0.2) is 4.98 Å². The molecule has 5 nitrogen and oxygen atoms in total. The summed E-state index contributed by atoms with van der Waals surface area (Å²) < 4.78 is 0. The van der Waals surface area contributed by atoms with Crippen LogP contribution in [0.2, 0.25) is 0 Å². The molecule has 1 saturated heterocycles. The Bertz CT molecular complexity index is 1070. The second-order valence-corrected chi connectivity index (χ2v) is 8.29. The van der Waals surface area contributed by atoms with Crippen LogP contribution in [0.1, 0.15) is 48.2 Å². The minimum Gasteiger partial charge on any atom is -0.508 e. The fraction of sp³-hybridized carbons (Fsp3) is 0.391. The Hall–Kier alpha value is -2.82. The lowest BCUT2D eigenvalue weighted by molar-refractivity contribution is 0.0186. The van der Waals surface area contributed by atoms with Gasteiger partial charge < -0.3 is 15.0 Å². The maximum Gasteiger partial charge on any atom is 0.254 e. The van der Waals surface area contributed by atoms with Crippen molar-refractivity contribution in [2.75, 3.05) is 6.54 Å². The van der Waals surface area contributed by atoms with Gasteiger partial charge in [0.2, 0.25) is 0 Å². The molecule has 0 spiro atoms. The number of H-pyrrole nitrogens is 1. The van der Waals surface area contributed by atoms with Gasteiger partial charge in [-0.1, -0.05) is 19.9 Å². The average molecular weight is 375 g/mol. The highest BCUT2D eigenvalue weighted by Crippen LogP contribution is 2.51. The fourth-order valence-electron chi connectivity index (χ4n) is 5.63. The second-order valence-electron chi connectivity index (χ2n) is 8.29.